The highest BCUT2D eigenvalue weighted by Crippen LogP contribution is 2.39. The topological polar surface area (TPSA) is 55.1 Å². The van der Waals surface area contributed by atoms with Gasteiger partial charge in [-0.25, -0.2) is 4.68 Å². The van der Waals surface area contributed by atoms with Gasteiger partial charge >= 0.3 is 5.97 Å². The molecule has 0 spiro atoms. The Balaban J connectivity index is 1.94. The number of aromatic nitrogens is 2. The van der Waals surface area contributed by atoms with Crippen molar-refractivity contribution in [2.45, 2.75) is 51.4 Å². The lowest BCUT2D eigenvalue weighted by molar-refractivity contribution is -0.136. The summed E-state index contributed by atoms with van der Waals surface area (Å²) in [6, 6.07) is 18.3. The van der Waals surface area contributed by atoms with Crippen molar-refractivity contribution in [2.75, 3.05) is 0 Å². The predicted octanol–water partition coefficient (Wildman–Crippen LogP) is 5.52. The number of hydrogen-bond donors (Lipinski definition) is 1. The van der Waals surface area contributed by atoms with Gasteiger partial charge in [-0.3, -0.25) is 4.79 Å². The molecule has 1 N–H and O–H groups in total. The first-order chi connectivity index (χ1) is 13.6. The second-order valence-electron chi connectivity index (χ2n) is 7.73. The van der Waals surface area contributed by atoms with Crippen LogP contribution in [0.3, 0.4) is 0 Å². The van der Waals surface area contributed by atoms with Crippen LogP contribution in [0.15, 0.2) is 54.6 Å². The number of rotatable bonds is 5. The van der Waals surface area contributed by atoms with Crippen LogP contribution in [0.1, 0.15) is 54.8 Å². The minimum absolute atomic E-state index is 0.00186. The first-order valence-corrected chi connectivity index (χ1v) is 10.1. The Morgan fingerprint density at radius 1 is 1.04 bits per heavy atom. The molecule has 144 valence electrons. The Labute approximate surface area is 165 Å². The van der Waals surface area contributed by atoms with Crippen LogP contribution >= 0.6 is 0 Å². The quantitative estimate of drug-likeness (QED) is 0.639. The zero-order valence-electron chi connectivity index (χ0n) is 16.3. The van der Waals surface area contributed by atoms with E-state index in [1.54, 1.807) is 0 Å². The fourth-order valence-corrected chi connectivity index (χ4v) is 4.26. The van der Waals surface area contributed by atoms with Crippen LogP contribution in [0.5, 0.6) is 0 Å². The molecule has 1 heterocycles. The smallest absolute Gasteiger partial charge is 0.307 e. The molecule has 1 aliphatic carbocycles. The number of carboxylic acids is 1. The molecular formula is C24H26N2O2. The van der Waals surface area contributed by atoms with Crippen molar-refractivity contribution in [1.29, 1.82) is 0 Å². The second-order valence-corrected chi connectivity index (χ2v) is 7.73. The van der Waals surface area contributed by atoms with Crippen LogP contribution in [0.4, 0.5) is 0 Å². The van der Waals surface area contributed by atoms with Crippen LogP contribution in [-0.2, 0) is 11.2 Å². The molecule has 0 atom stereocenters. The van der Waals surface area contributed by atoms with Gasteiger partial charge in [-0.05, 0) is 31.9 Å². The highest BCUT2D eigenvalue weighted by molar-refractivity contribution is 5.77. The van der Waals surface area contributed by atoms with Gasteiger partial charge < -0.3 is 5.11 Å². The molecule has 1 aromatic heterocycles. The minimum atomic E-state index is -0.807. The highest BCUT2D eigenvalue weighted by atomic mass is 16.4. The summed E-state index contributed by atoms with van der Waals surface area (Å²) in [4.78, 5) is 11.8. The summed E-state index contributed by atoms with van der Waals surface area (Å²) in [6.45, 7) is 2.06. The van der Waals surface area contributed by atoms with E-state index < -0.39 is 5.97 Å². The maximum atomic E-state index is 11.8. The third-order valence-electron chi connectivity index (χ3n) is 5.66. The van der Waals surface area contributed by atoms with Gasteiger partial charge in [0.15, 0.2) is 0 Å². The van der Waals surface area contributed by atoms with E-state index in [4.69, 9.17) is 5.10 Å². The second kappa shape index (κ2) is 8.01. The molecule has 2 aromatic carbocycles. The molecule has 0 amide bonds. The van der Waals surface area contributed by atoms with Gasteiger partial charge in [0.25, 0.3) is 0 Å². The number of benzene rings is 2. The number of aliphatic carboxylic acids is 1. The Morgan fingerprint density at radius 2 is 1.71 bits per heavy atom. The molecule has 28 heavy (non-hydrogen) atoms. The van der Waals surface area contributed by atoms with Gasteiger partial charge in [-0.2, -0.15) is 5.10 Å². The SMILES string of the molecule is Cc1ccc(-c2c(CC(=O)O)c(C3CCCCC3)nn2-c2ccccc2)cc1. The van der Waals surface area contributed by atoms with E-state index in [1.165, 1.54) is 24.8 Å². The summed E-state index contributed by atoms with van der Waals surface area (Å²) < 4.78 is 1.95. The lowest BCUT2D eigenvalue weighted by Gasteiger charge is -2.20. The Kier molecular flexibility index (Phi) is 5.29. The molecule has 4 nitrogen and oxygen atoms in total. The lowest BCUT2D eigenvalue weighted by Crippen LogP contribution is -2.10. The van der Waals surface area contributed by atoms with E-state index in [-0.39, 0.29) is 6.42 Å². The molecule has 0 aliphatic heterocycles. The first kappa shape index (κ1) is 18.5. The van der Waals surface area contributed by atoms with Gasteiger partial charge in [-0.15, -0.1) is 0 Å². The van der Waals surface area contributed by atoms with Crippen molar-refractivity contribution >= 4 is 5.97 Å². The zero-order valence-corrected chi connectivity index (χ0v) is 16.3. The molecule has 3 aromatic rings. The third-order valence-corrected chi connectivity index (χ3v) is 5.66. The van der Waals surface area contributed by atoms with Crippen LogP contribution in [0.25, 0.3) is 16.9 Å². The lowest BCUT2D eigenvalue weighted by atomic mass is 9.84. The predicted molar refractivity (Wildman–Crippen MR) is 111 cm³/mol. The van der Waals surface area contributed by atoms with Gasteiger partial charge in [0.1, 0.15) is 0 Å². The molecule has 0 bridgehead atoms. The van der Waals surface area contributed by atoms with Crippen LogP contribution in [-0.4, -0.2) is 20.9 Å². The molecule has 0 saturated heterocycles. The van der Waals surface area contributed by atoms with Crippen molar-refractivity contribution < 1.29 is 9.90 Å². The fourth-order valence-electron chi connectivity index (χ4n) is 4.26. The number of hydrogen-bond acceptors (Lipinski definition) is 2. The average Bonchev–Trinajstić information content (AvgIpc) is 3.08. The Bertz CT molecular complexity index is 952. The summed E-state index contributed by atoms with van der Waals surface area (Å²) in [6.07, 6.45) is 5.82. The number of nitrogens with zero attached hydrogens (tertiary/aromatic N) is 2. The standard InChI is InChI=1S/C24H26N2O2/c1-17-12-14-19(15-13-17)24-21(16-22(27)28)23(18-8-4-2-5-9-18)25-26(24)20-10-6-3-7-11-20/h3,6-7,10-15,18H,2,4-5,8-9,16H2,1H3,(H,27,28). The van der Waals surface area contributed by atoms with E-state index >= 15 is 0 Å². The van der Waals surface area contributed by atoms with Gasteiger partial charge in [-0.1, -0.05) is 67.3 Å². The summed E-state index contributed by atoms with van der Waals surface area (Å²) in [5, 5.41) is 14.7. The van der Waals surface area contributed by atoms with Gasteiger partial charge in [0, 0.05) is 17.0 Å². The Hall–Kier alpha value is -2.88. The van der Waals surface area contributed by atoms with Crippen LogP contribution < -0.4 is 0 Å². The monoisotopic (exact) mass is 374 g/mol. The first-order valence-electron chi connectivity index (χ1n) is 10.1. The highest BCUT2D eigenvalue weighted by Gasteiger charge is 2.28. The molecule has 4 heteroatoms. The number of para-hydroxylation sites is 1. The fraction of sp³-hybridized carbons (Fsp3) is 0.333. The largest absolute Gasteiger partial charge is 0.481 e. The molecule has 0 radical (unpaired) electrons. The number of aryl methyl sites for hydroxylation is 1. The minimum Gasteiger partial charge on any atom is -0.481 e. The third kappa shape index (κ3) is 3.72. The molecule has 4 rings (SSSR count). The van der Waals surface area contributed by atoms with E-state index in [2.05, 4.69) is 31.2 Å². The van der Waals surface area contributed by atoms with Crippen LogP contribution in [0.2, 0.25) is 0 Å². The summed E-state index contributed by atoms with van der Waals surface area (Å²) >= 11 is 0. The molecule has 1 aliphatic rings. The van der Waals surface area contributed by atoms with Crippen molar-refractivity contribution in [1.82, 2.24) is 9.78 Å². The zero-order chi connectivity index (χ0) is 19.5. The summed E-state index contributed by atoms with van der Waals surface area (Å²) in [5.41, 5.74) is 5.91. The maximum Gasteiger partial charge on any atom is 0.307 e. The van der Waals surface area contributed by atoms with Crippen molar-refractivity contribution in [3.8, 4) is 16.9 Å². The van der Waals surface area contributed by atoms with E-state index in [0.29, 0.717) is 5.92 Å². The van der Waals surface area contributed by atoms with Crippen molar-refractivity contribution in [2.24, 2.45) is 0 Å². The normalized spacial score (nSPS) is 14.9. The van der Waals surface area contributed by atoms with Gasteiger partial charge in [0.2, 0.25) is 0 Å². The molecular weight excluding hydrogens is 348 g/mol. The molecule has 0 unspecified atom stereocenters. The van der Waals surface area contributed by atoms with E-state index in [0.717, 1.165) is 41.0 Å². The maximum absolute atomic E-state index is 11.8. The number of carboxylic acid groups (broad SMARTS) is 1. The average molecular weight is 374 g/mol. The van der Waals surface area contributed by atoms with Gasteiger partial charge in [0.05, 0.1) is 23.5 Å². The van der Waals surface area contributed by atoms with Crippen LogP contribution in [0, 0.1) is 6.92 Å². The summed E-state index contributed by atoms with van der Waals surface area (Å²) in [5.74, 6) is -0.463. The van der Waals surface area contributed by atoms with E-state index in [1.807, 2.05) is 35.0 Å². The van der Waals surface area contributed by atoms with E-state index in [9.17, 15) is 9.90 Å². The van der Waals surface area contributed by atoms with Crippen molar-refractivity contribution in [3.05, 3.63) is 71.4 Å². The molecule has 1 fully saturated rings. The Morgan fingerprint density at radius 3 is 2.36 bits per heavy atom. The van der Waals surface area contributed by atoms with Crippen molar-refractivity contribution in [3.63, 3.8) is 0 Å². The number of carbonyl (C=O) groups is 1. The molecule has 1 saturated carbocycles. The summed E-state index contributed by atoms with van der Waals surface area (Å²) in [7, 11) is 0.